The van der Waals surface area contributed by atoms with Crippen molar-refractivity contribution in [2.24, 2.45) is 11.7 Å². The molecule has 1 heterocycles. The van der Waals surface area contributed by atoms with Crippen molar-refractivity contribution in [2.75, 3.05) is 26.2 Å². The van der Waals surface area contributed by atoms with Crippen LogP contribution in [-0.4, -0.2) is 49.7 Å². The number of nitrogens with two attached hydrogens (primary N) is 1. The summed E-state index contributed by atoms with van der Waals surface area (Å²) in [6, 6.07) is 3.85. The first-order chi connectivity index (χ1) is 11.8. The molecule has 1 fully saturated rings. The number of nitro benzene ring substituents is 1. The minimum Gasteiger partial charge on any atom is -0.355 e. The monoisotopic (exact) mass is 406 g/mol. The average molecular weight is 407 g/mol. The molecule has 9 nitrogen and oxygen atoms in total. The van der Waals surface area contributed by atoms with Gasteiger partial charge in [-0.25, -0.2) is 8.42 Å². The van der Waals surface area contributed by atoms with E-state index in [0.717, 1.165) is 6.07 Å². The standard InChI is InChI=1S/C15H22N4O5S.ClH/c1-11-4-5-13(9-14(11)19(21)22)25(23,24)18-8-2-3-12(10-18)15(20)17-7-6-16;/h4-5,9,12H,2-3,6-8,10,16H2,1H3,(H,17,20);1H. The topological polar surface area (TPSA) is 136 Å². The Hall–Kier alpha value is -1.75. The number of amides is 1. The van der Waals surface area contributed by atoms with Gasteiger partial charge in [0, 0.05) is 37.8 Å². The number of nitrogens with zero attached hydrogens (tertiary/aromatic N) is 2. The Bertz CT molecular complexity index is 771. The molecule has 1 saturated heterocycles. The van der Waals surface area contributed by atoms with E-state index in [2.05, 4.69) is 5.32 Å². The van der Waals surface area contributed by atoms with Crippen molar-refractivity contribution >= 4 is 34.0 Å². The maximum Gasteiger partial charge on any atom is 0.273 e. The van der Waals surface area contributed by atoms with Gasteiger partial charge in [0.15, 0.2) is 0 Å². The number of nitrogens with one attached hydrogen (secondary N) is 1. The quantitative estimate of drug-likeness (QED) is 0.529. The summed E-state index contributed by atoms with van der Waals surface area (Å²) in [5.74, 6) is -0.671. The van der Waals surface area contributed by atoms with Gasteiger partial charge in [0.05, 0.1) is 15.7 Å². The van der Waals surface area contributed by atoms with E-state index in [4.69, 9.17) is 5.73 Å². The van der Waals surface area contributed by atoms with Crippen LogP contribution in [0.3, 0.4) is 0 Å². The number of rotatable bonds is 6. The highest BCUT2D eigenvalue weighted by Crippen LogP contribution is 2.27. The van der Waals surface area contributed by atoms with Crippen LogP contribution in [0.25, 0.3) is 0 Å². The van der Waals surface area contributed by atoms with Crippen molar-refractivity contribution in [1.82, 2.24) is 9.62 Å². The van der Waals surface area contributed by atoms with Gasteiger partial charge in [-0.05, 0) is 25.8 Å². The van der Waals surface area contributed by atoms with Gasteiger partial charge in [0.25, 0.3) is 5.69 Å². The molecule has 26 heavy (non-hydrogen) atoms. The Balaban J connectivity index is 0.00000338. The molecule has 0 aliphatic carbocycles. The Kier molecular flexibility index (Phi) is 7.94. The van der Waals surface area contributed by atoms with Crippen LogP contribution in [0.2, 0.25) is 0 Å². The molecule has 146 valence electrons. The first kappa shape index (κ1) is 22.3. The van der Waals surface area contributed by atoms with E-state index in [-0.39, 0.29) is 42.0 Å². The lowest BCUT2D eigenvalue weighted by Crippen LogP contribution is -2.46. The fourth-order valence-electron chi connectivity index (χ4n) is 2.81. The van der Waals surface area contributed by atoms with Gasteiger partial charge in [-0.2, -0.15) is 4.31 Å². The van der Waals surface area contributed by atoms with E-state index in [9.17, 15) is 23.3 Å². The number of carbonyl (C=O) groups excluding carboxylic acids is 1. The van der Waals surface area contributed by atoms with E-state index in [1.807, 2.05) is 0 Å². The van der Waals surface area contributed by atoms with E-state index < -0.39 is 20.9 Å². The number of hydrogen-bond donors (Lipinski definition) is 2. The van der Waals surface area contributed by atoms with E-state index >= 15 is 0 Å². The molecule has 1 aliphatic rings. The second-order valence-electron chi connectivity index (χ2n) is 5.99. The summed E-state index contributed by atoms with van der Waals surface area (Å²) in [6.45, 7) is 2.54. The predicted octanol–water partition coefficient (Wildman–Crippen LogP) is 0.801. The zero-order valence-corrected chi connectivity index (χ0v) is 16.0. The summed E-state index contributed by atoms with van der Waals surface area (Å²) in [5, 5.41) is 13.7. The fraction of sp³-hybridized carbons (Fsp3) is 0.533. The molecule has 1 aliphatic heterocycles. The third-order valence-corrected chi connectivity index (χ3v) is 6.07. The van der Waals surface area contributed by atoms with Crippen LogP contribution < -0.4 is 11.1 Å². The molecule has 0 radical (unpaired) electrons. The maximum absolute atomic E-state index is 12.8. The molecule has 0 bridgehead atoms. The molecule has 1 aromatic rings. The van der Waals surface area contributed by atoms with Crippen LogP contribution in [-0.2, 0) is 14.8 Å². The third kappa shape index (κ3) is 4.91. The molecule has 3 N–H and O–H groups in total. The Labute approximate surface area is 158 Å². The number of hydrogen-bond acceptors (Lipinski definition) is 6. The molecule has 1 unspecified atom stereocenters. The number of carbonyl (C=O) groups is 1. The fourth-order valence-corrected chi connectivity index (χ4v) is 4.35. The molecule has 1 aromatic carbocycles. The zero-order chi connectivity index (χ0) is 18.6. The number of sulfonamides is 1. The van der Waals surface area contributed by atoms with Crippen molar-refractivity contribution in [1.29, 1.82) is 0 Å². The van der Waals surface area contributed by atoms with Crippen molar-refractivity contribution in [3.8, 4) is 0 Å². The SMILES string of the molecule is Cc1ccc(S(=O)(=O)N2CCCC(C(=O)NCCN)C2)cc1[N+](=O)[O-].Cl. The lowest BCUT2D eigenvalue weighted by atomic mass is 9.99. The van der Waals surface area contributed by atoms with E-state index in [0.29, 0.717) is 31.5 Å². The summed E-state index contributed by atoms with van der Waals surface area (Å²) >= 11 is 0. The smallest absolute Gasteiger partial charge is 0.273 e. The Morgan fingerprint density at radius 1 is 1.46 bits per heavy atom. The summed E-state index contributed by atoms with van der Waals surface area (Å²) in [6.07, 6.45) is 1.14. The van der Waals surface area contributed by atoms with Gasteiger partial charge < -0.3 is 11.1 Å². The molecular weight excluding hydrogens is 384 g/mol. The van der Waals surface area contributed by atoms with Crippen LogP contribution in [0.4, 0.5) is 5.69 Å². The number of nitro groups is 1. The highest BCUT2D eigenvalue weighted by Gasteiger charge is 2.34. The predicted molar refractivity (Wildman–Crippen MR) is 98.6 cm³/mol. The first-order valence-corrected chi connectivity index (χ1v) is 9.44. The van der Waals surface area contributed by atoms with E-state index in [1.165, 1.54) is 16.4 Å². The Morgan fingerprint density at radius 3 is 2.77 bits per heavy atom. The normalized spacial score (nSPS) is 18.0. The Morgan fingerprint density at radius 2 is 2.15 bits per heavy atom. The minimum absolute atomic E-state index is 0. The lowest BCUT2D eigenvalue weighted by molar-refractivity contribution is -0.385. The molecule has 0 spiro atoms. The second-order valence-corrected chi connectivity index (χ2v) is 7.93. The second kappa shape index (κ2) is 9.26. The number of piperidine rings is 1. The van der Waals surface area contributed by atoms with Gasteiger partial charge in [-0.1, -0.05) is 6.07 Å². The van der Waals surface area contributed by atoms with Crippen molar-refractivity contribution in [3.05, 3.63) is 33.9 Å². The zero-order valence-electron chi connectivity index (χ0n) is 14.4. The third-order valence-electron chi connectivity index (χ3n) is 4.21. The summed E-state index contributed by atoms with van der Waals surface area (Å²) in [5.41, 5.74) is 5.50. The van der Waals surface area contributed by atoms with Crippen LogP contribution in [0.15, 0.2) is 23.1 Å². The molecule has 0 aromatic heterocycles. The van der Waals surface area contributed by atoms with Crippen LogP contribution in [0.5, 0.6) is 0 Å². The highest BCUT2D eigenvalue weighted by atomic mass is 35.5. The molecule has 0 saturated carbocycles. The van der Waals surface area contributed by atoms with Crippen LogP contribution in [0, 0.1) is 23.0 Å². The highest BCUT2D eigenvalue weighted by molar-refractivity contribution is 7.89. The van der Waals surface area contributed by atoms with Crippen molar-refractivity contribution in [2.45, 2.75) is 24.7 Å². The summed E-state index contributed by atoms with van der Waals surface area (Å²) in [7, 11) is -3.90. The summed E-state index contributed by atoms with van der Waals surface area (Å²) < 4.78 is 26.8. The summed E-state index contributed by atoms with van der Waals surface area (Å²) in [4.78, 5) is 22.4. The largest absolute Gasteiger partial charge is 0.355 e. The van der Waals surface area contributed by atoms with E-state index in [1.54, 1.807) is 6.92 Å². The van der Waals surface area contributed by atoms with Crippen LogP contribution >= 0.6 is 12.4 Å². The lowest BCUT2D eigenvalue weighted by Gasteiger charge is -2.31. The molecular formula is C15H23ClN4O5S. The molecule has 11 heteroatoms. The number of benzene rings is 1. The number of halogens is 1. The average Bonchev–Trinajstić information content (AvgIpc) is 2.59. The van der Waals surface area contributed by atoms with Gasteiger partial charge >= 0.3 is 0 Å². The molecule has 1 amide bonds. The molecule has 2 rings (SSSR count). The minimum atomic E-state index is -3.90. The first-order valence-electron chi connectivity index (χ1n) is 8.00. The van der Waals surface area contributed by atoms with Gasteiger partial charge in [0.1, 0.15) is 0 Å². The van der Waals surface area contributed by atoms with Crippen molar-refractivity contribution < 1.29 is 18.1 Å². The van der Waals surface area contributed by atoms with Crippen LogP contribution in [0.1, 0.15) is 18.4 Å². The maximum atomic E-state index is 12.8. The van der Waals surface area contributed by atoms with Gasteiger partial charge in [-0.15, -0.1) is 12.4 Å². The van der Waals surface area contributed by atoms with Crippen molar-refractivity contribution in [3.63, 3.8) is 0 Å². The number of aryl methyl sites for hydroxylation is 1. The van der Waals surface area contributed by atoms with Gasteiger partial charge in [0.2, 0.25) is 15.9 Å². The van der Waals surface area contributed by atoms with Gasteiger partial charge in [-0.3, -0.25) is 14.9 Å². The molecule has 1 atom stereocenters.